The molecule has 0 heterocycles. The summed E-state index contributed by atoms with van der Waals surface area (Å²) in [5, 5.41) is 9.32. The van der Waals surface area contributed by atoms with Crippen LogP contribution in [0.1, 0.15) is 39.7 Å². The quantitative estimate of drug-likeness (QED) is 0.821. The molecule has 108 valence electrons. The predicted octanol–water partition coefficient (Wildman–Crippen LogP) is 3.44. The van der Waals surface area contributed by atoms with Crippen molar-refractivity contribution in [1.29, 1.82) is 0 Å². The Morgan fingerprint density at radius 3 is 2.21 bits per heavy atom. The molecule has 0 amide bonds. The Kier molecular flexibility index (Phi) is 9.81. The van der Waals surface area contributed by atoms with Crippen LogP contribution >= 0.6 is 0 Å². The van der Waals surface area contributed by atoms with Crippen molar-refractivity contribution in [1.82, 2.24) is 4.90 Å². The molecule has 1 aromatic carbocycles. The Hall–Kier alpha value is -1.35. The van der Waals surface area contributed by atoms with Crippen LogP contribution in [0.5, 0.6) is 0 Å². The Morgan fingerprint density at radius 2 is 1.79 bits per heavy atom. The minimum absolute atomic E-state index is 0.414. The van der Waals surface area contributed by atoms with Gasteiger partial charge in [-0.3, -0.25) is 9.69 Å². The SMILES string of the molecule is CC.CCCN(CC)C(Cc1ccccc1)C(=O)O. The van der Waals surface area contributed by atoms with Gasteiger partial charge in [-0.15, -0.1) is 0 Å². The standard InChI is InChI=1S/C14H21NO2.C2H6/c1-3-10-15(4-2)13(14(16)17)11-12-8-6-5-7-9-12;1-2/h5-9,13H,3-4,10-11H2,1-2H3,(H,16,17);1-2H3. The number of nitrogens with zero attached hydrogens (tertiary/aromatic N) is 1. The van der Waals surface area contributed by atoms with Crippen LogP contribution in [0.3, 0.4) is 0 Å². The molecule has 0 aliphatic rings. The van der Waals surface area contributed by atoms with Gasteiger partial charge in [-0.25, -0.2) is 0 Å². The first kappa shape index (κ1) is 17.6. The smallest absolute Gasteiger partial charge is 0.321 e. The van der Waals surface area contributed by atoms with Crippen LogP contribution in [0.15, 0.2) is 30.3 Å². The van der Waals surface area contributed by atoms with Crippen LogP contribution in [0, 0.1) is 0 Å². The minimum atomic E-state index is -0.732. The number of likely N-dealkylation sites (N-methyl/N-ethyl adjacent to an activating group) is 1. The van der Waals surface area contributed by atoms with Crippen LogP contribution in [0.25, 0.3) is 0 Å². The first-order valence-electron chi connectivity index (χ1n) is 7.19. The van der Waals surface area contributed by atoms with Crippen molar-refractivity contribution in [2.24, 2.45) is 0 Å². The van der Waals surface area contributed by atoms with Crippen LogP contribution in [0.4, 0.5) is 0 Å². The van der Waals surface area contributed by atoms with Crippen molar-refractivity contribution in [2.75, 3.05) is 13.1 Å². The Balaban J connectivity index is 0.00000154. The second kappa shape index (κ2) is 10.6. The summed E-state index contributed by atoms with van der Waals surface area (Å²) in [6.07, 6.45) is 1.55. The van der Waals surface area contributed by atoms with E-state index in [0.717, 1.165) is 25.1 Å². The summed E-state index contributed by atoms with van der Waals surface area (Å²) in [6.45, 7) is 9.69. The van der Waals surface area contributed by atoms with E-state index in [2.05, 4.69) is 6.92 Å². The number of benzene rings is 1. The van der Waals surface area contributed by atoms with Gasteiger partial charge in [0.2, 0.25) is 0 Å². The number of hydrogen-bond acceptors (Lipinski definition) is 2. The monoisotopic (exact) mass is 265 g/mol. The molecule has 0 aromatic heterocycles. The average molecular weight is 265 g/mol. The van der Waals surface area contributed by atoms with Crippen LogP contribution < -0.4 is 0 Å². The average Bonchev–Trinajstić information content (AvgIpc) is 2.45. The fraction of sp³-hybridized carbons (Fsp3) is 0.562. The maximum atomic E-state index is 11.3. The van der Waals surface area contributed by atoms with Gasteiger partial charge in [0, 0.05) is 0 Å². The van der Waals surface area contributed by atoms with E-state index < -0.39 is 12.0 Å². The lowest BCUT2D eigenvalue weighted by Gasteiger charge is -2.27. The highest BCUT2D eigenvalue weighted by atomic mass is 16.4. The number of carboxylic acid groups (broad SMARTS) is 1. The van der Waals surface area contributed by atoms with E-state index in [1.165, 1.54) is 0 Å². The number of aliphatic carboxylic acids is 1. The molecule has 0 bridgehead atoms. The highest BCUT2D eigenvalue weighted by molar-refractivity contribution is 5.74. The van der Waals surface area contributed by atoms with E-state index in [1.807, 2.05) is 56.0 Å². The van der Waals surface area contributed by atoms with Crippen molar-refractivity contribution in [3.63, 3.8) is 0 Å². The van der Waals surface area contributed by atoms with Gasteiger partial charge < -0.3 is 5.11 Å². The molecular formula is C16H27NO2. The lowest BCUT2D eigenvalue weighted by Crippen LogP contribution is -2.43. The summed E-state index contributed by atoms with van der Waals surface area (Å²) in [5.41, 5.74) is 1.08. The van der Waals surface area contributed by atoms with E-state index in [4.69, 9.17) is 0 Å². The number of carboxylic acids is 1. The molecule has 0 radical (unpaired) electrons. The summed E-state index contributed by atoms with van der Waals surface area (Å²) < 4.78 is 0. The summed E-state index contributed by atoms with van der Waals surface area (Å²) in [7, 11) is 0. The summed E-state index contributed by atoms with van der Waals surface area (Å²) in [6, 6.07) is 9.39. The van der Waals surface area contributed by atoms with Crippen molar-refractivity contribution >= 4 is 5.97 Å². The zero-order valence-corrected chi connectivity index (χ0v) is 12.6. The van der Waals surface area contributed by atoms with E-state index in [9.17, 15) is 9.90 Å². The molecule has 0 aliphatic heterocycles. The third kappa shape index (κ3) is 6.39. The second-order valence-corrected chi connectivity index (χ2v) is 4.17. The topological polar surface area (TPSA) is 40.5 Å². The first-order valence-corrected chi connectivity index (χ1v) is 7.19. The molecular weight excluding hydrogens is 238 g/mol. The van der Waals surface area contributed by atoms with Gasteiger partial charge >= 0.3 is 5.97 Å². The highest BCUT2D eigenvalue weighted by Gasteiger charge is 2.23. The molecule has 1 unspecified atom stereocenters. The molecule has 0 saturated heterocycles. The lowest BCUT2D eigenvalue weighted by molar-refractivity contribution is -0.143. The van der Waals surface area contributed by atoms with E-state index in [0.29, 0.717) is 6.42 Å². The number of carbonyl (C=O) groups is 1. The number of hydrogen-bond donors (Lipinski definition) is 1. The van der Waals surface area contributed by atoms with Crippen molar-refractivity contribution in [3.8, 4) is 0 Å². The lowest BCUT2D eigenvalue weighted by atomic mass is 10.0. The zero-order valence-electron chi connectivity index (χ0n) is 12.6. The molecule has 0 aliphatic carbocycles. The third-order valence-corrected chi connectivity index (χ3v) is 2.91. The largest absolute Gasteiger partial charge is 0.480 e. The van der Waals surface area contributed by atoms with Crippen molar-refractivity contribution < 1.29 is 9.90 Å². The molecule has 3 heteroatoms. The summed E-state index contributed by atoms with van der Waals surface area (Å²) in [4.78, 5) is 13.4. The van der Waals surface area contributed by atoms with Crippen LogP contribution in [-0.4, -0.2) is 35.1 Å². The third-order valence-electron chi connectivity index (χ3n) is 2.91. The molecule has 0 fully saturated rings. The Bertz CT molecular complexity index is 338. The fourth-order valence-corrected chi connectivity index (χ4v) is 2.03. The van der Waals surface area contributed by atoms with E-state index in [-0.39, 0.29) is 0 Å². The predicted molar refractivity (Wildman–Crippen MR) is 80.5 cm³/mol. The van der Waals surface area contributed by atoms with Gasteiger partial charge in [0.15, 0.2) is 0 Å². The maximum Gasteiger partial charge on any atom is 0.321 e. The summed E-state index contributed by atoms with van der Waals surface area (Å²) in [5.74, 6) is -0.732. The van der Waals surface area contributed by atoms with Gasteiger partial charge in [-0.2, -0.15) is 0 Å². The van der Waals surface area contributed by atoms with Gasteiger partial charge in [-0.1, -0.05) is 58.0 Å². The minimum Gasteiger partial charge on any atom is -0.480 e. The van der Waals surface area contributed by atoms with Gasteiger partial charge in [0.05, 0.1) is 0 Å². The number of rotatable bonds is 7. The van der Waals surface area contributed by atoms with Gasteiger partial charge in [-0.05, 0) is 31.5 Å². The Labute approximate surface area is 117 Å². The maximum absolute atomic E-state index is 11.3. The fourth-order valence-electron chi connectivity index (χ4n) is 2.03. The Morgan fingerprint density at radius 1 is 1.21 bits per heavy atom. The van der Waals surface area contributed by atoms with Crippen molar-refractivity contribution in [2.45, 2.75) is 46.6 Å². The summed E-state index contributed by atoms with van der Waals surface area (Å²) >= 11 is 0. The molecule has 1 atom stereocenters. The highest BCUT2D eigenvalue weighted by Crippen LogP contribution is 2.10. The first-order chi connectivity index (χ1) is 9.19. The molecule has 1 aromatic rings. The normalized spacial score (nSPS) is 11.6. The van der Waals surface area contributed by atoms with Gasteiger partial charge in [0.25, 0.3) is 0 Å². The molecule has 0 saturated carbocycles. The molecule has 1 N–H and O–H groups in total. The zero-order chi connectivity index (χ0) is 14.7. The van der Waals surface area contributed by atoms with Crippen LogP contribution in [-0.2, 0) is 11.2 Å². The van der Waals surface area contributed by atoms with Crippen molar-refractivity contribution in [3.05, 3.63) is 35.9 Å². The molecule has 3 nitrogen and oxygen atoms in total. The van der Waals surface area contributed by atoms with Crippen LogP contribution in [0.2, 0.25) is 0 Å². The second-order valence-electron chi connectivity index (χ2n) is 4.17. The van der Waals surface area contributed by atoms with E-state index in [1.54, 1.807) is 0 Å². The molecule has 19 heavy (non-hydrogen) atoms. The van der Waals surface area contributed by atoms with E-state index >= 15 is 0 Å². The molecule has 0 spiro atoms. The van der Waals surface area contributed by atoms with Gasteiger partial charge in [0.1, 0.15) is 6.04 Å². The molecule has 1 rings (SSSR count).